The first-order chi connectivity index (χ1) is 11.5. The van der Waals surface area contributed by atoms with Gasteiger partial charge in [-0.15, -0.1) is 0 Å². The van der Waals surface area contributed by atoms with Gasteiger partial charge in [0, 0.05) is 28.6 Å². The topological polar surface area (TPSA) is 64.0 Å². The number of nitrogens with one attached hydrogen (secondary N) is 1. The molecule has 0 saturated carbocycles. The van der Waals surface area contributed by atoms with Crippen molar-refractivity contribution in [1.82, 2.24) is 14.3 Å². The van der Waals surface area contributed by atoms with Gasteiger partial charge in [0.25, 0.3) is 0 Å². The van der Waals surface area contributed by atoms with E-state index in [-0.39, 0.29) is 10.9 Å². The fourth-order valence-corrected chi connectivity index (χ4v) is 3.83. The Labute approximate surface area is 149 Å². The summed E-state index contributed by atoms with van der Waals surface area (Å²) in [7, 11) is -3.56. The van der Waals surface area contributed by atoms with Crippen LogP contribution in [-0.2, 0) is 10.0 Å². The molecule has 1 N–H and O–H groups in total. The number of benzene rings is 2. The molecule has 0 spiro atoms. The van der Waals surface area contributed by atoms with Gasteiger partial charge >= 0.3 is 0 Å². The van der Waals surface area contributed by atoms with Crippen LogP contribution < -0.4 is 4.72 Å². The molecule has 2 aromatic carbocycles. The lowest BCUT2D eigenvalue weighted by Gasteiger charge is -2.15. The van der Waals surface area contributed by atoms with E-state index in [2.05, 4.69) is 25.6 Å². The summed E-state index contributed by atoms with van der Waals surface area (Å²) in [4.78, 5) is 4.26. The molecule has 0 radical (unpaired) electrons. The standard InChI is InChI=1S/C17H16BrN3O2S/c1-13(20-24(22,23)17-8-4-15(18)5-9-17)14-2-6-16(7-3-14)21-11-10-19-12-21/h2-13,20H,1H3/t13-/m1/s1. The molecule has 5 nitrogen and oxygen atoms in total. The van der Waals surface area contributed by atoms with Crippen LogP contribution in [0.5, 0.6) is 0 Å². The average Bonchev–Trinajstić information content (AvgIpc) is 3.09. The van der Waals surface area contributed by atoms with Gasteiger partial charge < -0.3 is 4.57 Å². The molecular weight excluding hydrogens is 390 g/mol. The fourth-order valence-electron chi connectivity index (χ4n) is 2.33. The molecule has 0 bridgehead atoms. The molecule has 3 aromatic rings. The van der Waals surface area contributed by atoms with Crippen molar-refractivity contribution in [2.75, 3.05) is 0 Å². The maximum Gasteiger partial charge on any atom is 0.241 e. The molecule has 24 heavy (non-hydrogen) atoms. The predicted molar refractivity (Wildman–Crippen MR) is 96.4 cm³/mol. The monoisotopic (exact) mass is 405 g/mol. The Hall–Kier alpha value is -1.96. The van der Waals surface area contributed by atoms with Gasteiger partial charge in [-0.3, -0.25) is 0 Å². The van der Waals surface area contributed by atoms with Crippen molar-refractivity contribution in [3.63, 3.8) is 0 Å². The average molecular weight is 406 g/mol. The summed E-state index contributed by atoms with van der Waals surface area (Å²) in [6, 6.07) is 13.9. The summed E-state index contributed by atoms with van der Waals surface area (Å²) in [6.07, 6.45) is 5.28. The second-order valence-corrected chi connectivity index (χ2v) is 7.99. The van der Waals surface area contributed by atoms with Crippen LogP contribution in [0.2, 0.25) is 0 Å². The van der Waals surface area contributed by atoms with Gasteiger partial charge in [-0.05, 0) is 48.9 Å². The molecule has 0 amide bonds. The molecule has 0 unspecified atom stereocenters. The number of halogens is 1. The zero-order chi connectivity index (χ0) is 17.2. The molecule has 0 aliphatic heterocycles. The third-order valence-electron chi connectivity index (χ3n) is 3.65. The Morgan fingerprint density at radius 2 is 1.75 bits per heavy atom. The predicted octanol–water partition coefficient (Wildman–Crippen LogP) is 3.67. The number of hydrogen-bond donors (Lipinski definition) is 1. The Morgan fingerprint density at radius 1 is 1.08 bits per heavy atom. The lowest BCUT2D eigenvalue weighted by Crippen LogP contribution is -2.26. The first-order valence-electron chi connectivity index (χ1n) is 7.32. The SMILES string of the molecule is C[C@@H](NS(=O)(=O)c1ccc(Br)cc1)c1ccc(-n2ccnc2)cc1. The third-order valence-corrected chi connectivity index (χ3v) is 5.74. The Kier molecular flexibility index (Phi) is 4.84. The highest BCUT2D eigenvalue weighted by atomic mass is 79.9. The highest BCUT2D eigenvalue weighted by Crippen LogP contribution is 2.20. The number of hydrogen-bond acceptors (Lipinski definition) is 3. The molecule has 0 aliphatic carbocycles. The van der Waals surface area contributed by atoms with E-state index in [1.54, 1.807) is 36.8 Å². The zero-order valence-corrected chi connectivity index (χ0v) is 15.3. The molecule has 0 fully saturated rings. The Balaban J connectivity index is 1.76. The van der Waals surface area contributed by atoms with Crippen LogP contribution in [0.1, 0.15) is 18.5 Å². The van der Waals surface area contributed by atoms with E-state index in [4.69, 9.17) is 0 Å². The van der Waals surface area contributed by atoms with Crippen LogP contribution in [0.4, 0.5) is 0 Å². The number of aromatic nitrogens is 2. The summed E-state index contributed by atoms with van der Waals surface area (Å²) in [5.74, 6) is 0. The molecular formula is C17H16BrN3O2S. The summed E-state index contributed by atoms with van der Waals surface area (Å²) in [5, 5.41) is 0. The van der Waals surface area contributed by atoms with E-state index >= 15 is 0 Å². The highest BCUT2D eigenvalue weighted by molar-refractivity contribution is 9.10. The highest BCUT2D eigenvalue weighted by Gasteiger charge is 2.18. The van der Waals surface area contributed by atoms with Crippen LogP contribution >= 0.6 is 15.9 Å². The number of nitrogens with zero attached hydrogens (tertiary/aromatic N) is 2. The van der Waals surface area contributed by atoms with Crippen LogP contribution in [0, 0.1) is 0 Å². The van der Waals surface area contributed by atoms with Gasteiger partial charge in [-0.1, -0.05) is 28.1 Å². The number of rotatable bonds is 5. The summed E-state index contributed by atoms with van der Waals surface area (Å²) < 4.78 is 30.3. The first-order valence-corrected chi connectivity index (χ1v) is 9.59. The third kappa shape index (κ3) is 3.75. The minimum atomic E-state index is -3.56. The maximum atomic E-state index is 12.4. The van der Waals surface area contributed by atoms with Gasteiger partial charge in [0.2, 0.25) is 10.0 Å². The fraction of sp³-hybridized carbons (Fsp3) is 0.118. The largest absolute Gasteiger partial charge is 0.306 e. The Bertz CT molecular complexity index is 905. The minimum absolute atomic E-state index is 0.243. The van der Waals surface area contributed by atoms with Crippen LogP contribution in [0.3, 0.4) is 0 Å². The van der Waals surface area contributed by atoms with Crippen LogP contribution in [-0.4, -0.2) is 18.0 Å². The quantitative estimate of drug-likeness (QED) is 0.703. The summed E-state index contributed by atoms with van der Waals surface area (Å²) in [5.41, 5.74) is 1.86. The van der Waals surface area contributed by atoms with Crippen molar-refractivity contribution in [3.8, 4) is 5.69 Å². The molecule has 124 valence electrons. The molecule has 1 heterocycles. The van der Waals surface area contributed by atoms with E-state index < -0.39 is 10.0 Å². The second kappa shape index (κ2) is 6.88. The first kappa shape index (κ1) is 16.9. The van der Waals surface area contributed by atoms with E-state index in [0.717, 1.165) is 15.7 Å². The maximum absolute atomic E-state index is 12.4. The van der Waals surface area contributed by atoms with Crippen molar-refractivity contribution < 1.29 is 8.42 Å². The van der Waals surface area contributed by atoms with E-state index in [0.29, 0.717) is 0 Å². The van der Waals surface area contributed by atoms with Crippen molar-refractivity contribution in [2.45, 2.75) is 17.9 Å². The van der Waals surface area contributed by atoms with Gasteiger partial charge in [-0.25, -0.2) is 18.1 Å². The van der Waals surface area contributed by atoms with E-state index in [1.807, 2.05) is 42.0 Å². The number of imidazole rings is 1. The van der Waals surface area contributed by atoms with Crippen molar-refractivity contribution in [1.29, 1.82) is 0 Å². The van der Waals surface area contributed by atoms with E-state index in [9.17, 15) is 8.42 Å². The molecule has 3 rings (SSSR count). The molecule has 0 saturated heterocycles. The zero-order valence-electron chi connectivity index (χ0n) is 12.9. The lowest BCUT2D eigenvalue weighted by molar-refractivity contribution is 0.567. The van der Waals surface area contributed by atoms with E-state index in [1.165, 1.54) is 0 Å². The number of sulfonamides is 1. The van der Waals surface area contributed by atoms with Gasteiger partial charge in [0.05, 0.1) is 11.2 Å². The van der Waals surface area contributed by atoms with Crippen LogP contribution in [0.15, 0.2) is 76.6 Å². The molecule has 1 aromatic heterocycles. The van der Waals surface area contributed by atoms with Crippen molar-refractivity contribution in [3.05, 3.63) is 77.3 Å². The molecule has 1 atom stereocenters. The van der Waals surface area contributed by atoms with Crippen LogP contribution in [0.25, 0.3) is 5.69 Å². The van der Waals surface area contributed by atoms with Gasteiger partial charge in [-0.2, -0.15) is 0 Å². The lowest BCUT2D eigenvalue weighted by atomic mass is 10.1. The van der Waals surface area contributed by atoms with Gasteiger partial charge in [0.15, 0.2) is 0 Å². The summed E-state index contributed by atoms with van der Waals surface area (Å²) >= 11 is 3.30. The molecule has 7 heteroatoms. The van der Waals surface area contributed by atoms with Crippen molar-refractivity contribution in [2.24, 2.45) is 0 Å². The molecule has 0 aliphatic rings. The van der Waals surface area contributed by atoms with Gasteiger partial charge in [0.1, 0.15) is 0 Å². The second-order valence-electron chi connectivity index (χ2n) is 5.36. The smallest absolute Gasteiger partial charge is 0.241 e. The Morgan fingerprint density at radius 3 is 2.33 bits per heavy atom. The summed E-state index contributed by atoms with van der Waals surface area (Å²) in [6.45, 7) is 1.82. The van der Waals surface area contributed by atoms with Crippen molar-refractivity contribution >= 4 is 26.0 Å². The minimum Gasteiger partial charge on any atom is -0.306 e. The normalized spacial score (nSPS) is 12.9.